The summed E-state index contributed by atoms with van der Waals surface area (Å²) in [5, 5.41) is 0. The van der Waals surface area contributed by atoms with Crippen molar-refractivity contribution in [3.8, 4) is 11.8 Å². The number of alkyl halides is 1. The summed E-state index contributed by atoms with van der Waals surface area (Å²) in [6, 6.07) is 3.73. The highest BCUT2D eigenvalue weighted by molar-refractivity contribution is 9.10. The van der Waals surface area contributed by atoms with E-state index >= 15 is 0 Å². The number of halogens is 2. The summed E-state index contributed by atoms with van der Waals surface area (Å²) in [7, 11) is 0. The minimum atomic E-state index is 0.357. The highest BCUT2D eigenvalue weighted by atomic mass is 79.9. The van der Waals surface area contributed by atoms with Crippen molar-refractivity contribution in [3.63, 3.8) is 0 Å². The highest BCUT2D eigenvalue weighted by Gasteiger charge is 1.86. The van der Waals surface area contributed by atoms with Crippen molar-refractivity contribution >= 4 is 27.5 Å². The van der Waals surface area contributed by atoms with E-state index in [1.165, 1.54) is 0 Å². The third kappa shape index (κ3) is 2.92. The molecule has 1 rings (SSSR count). The summed E-state index contributed by atoms with van der Waals surface area (Å²) >= 11 is 8.61. The molecule has 0 aromatic carbocycles. The monoisotopic (exact) mass is 229 g/mol. The molecule has 1 nitrogen and oxygen atoms in total. The van der Waals surface area contributed by atoms with Gasteiger partial charge in [0.2, 0.25) is 0 Å². The van der Waals surface area contributed by atoms with Crippen LogP contribution < -0.4 is 0 Å². The Bertz CT molecular complexity index is 283. The second-order valence-corrected chi connectivity index (χ2v) is 2.88. The first-order valence-electron chi connectivity index (χ1n) is 2.99. The molecule has 1 heterocycles. The molecule has 1 aromatic rings. The molecule has 0 N–H and O–H groups in total. The molecule has 0 saturated heterocycles. The Hall–Kier alpha value is -0.520. The van der Waals surface area contributed by atoms with Crippen LogP contribution in [0.3, 0.4) is 0 Å². The predicted molar refractivity (Wildman–Crippen MR) is 49.5 cm³/mol. The summed E-state index contributed by atoms with van der Waals surface area (Å²) in [5.74, 6) is 5.96. The van der Waals surface area contributed by atoms with Gasteiger partial charge in [0, 0.05) is 11.8 Å². The number of nitrogens with zero attached hydrogens (tertiary/aromatic N) is 1. The quantitative estimate of drug-likeness (QED) is 0.379. The standard InChI is InChI=1S/C8H5BrClN/c9-8-4-3-7(6-11-8)2-1-5-10/h3-4,6H,5H2. The van der Waals surface area contributed by atoms with Crippen LogP contribution in [0.5, 0.6) is 0 Å². The summed E-state index contributed by atoms with van der Waals surface area (Å²) in [4.78, 5) is 4.00. The van der Waals surface area contributed by atoms with Crippen molar-refractivity contribution in [3.05, 3.63) is 28.5 Å². The van der Waals surface area contributed by atoms with Crippen LogP contribution in [0.2, 0.25) is 0 Å². The van der Waals surface area contributed by atoms with Crippen LogP contribution in [0.25, 0.3) is 0 Å². The second-order valence-electron chi connectivity index (χ2n) is 1.81. The van der Waals surface area contributed by atoms with Crippen LogP contribution >= 0.6 is 27.5 Å². The molecule has 0 atom stereocenters. The lowest BCUT2D eigenvalue weighted by Crippen LogP contribution is -1.77. The molecule has 0 spiro atoms. The highest BCUT2D eigenvalue weighted by Crippen LogP contribution is 2.04. The number of aromatic nitrogens is 1. The van der Waals surface area contributed by atoms with E-state index < -0.39 is 0 Å². The first-order valence-corrected chi connectivity index (χ1v) is 4.32. The van der Waals surface area contributed by atoms with Crippen LogP contribution in [0.15, 0.2) is 22.9 Å². The van der Waals surface area contributed by atoms with Crippen LogP contribution in [-0.4, -0.2) is 10.9 Å². The van der Waals surface area contributed by atoms with Crippen molar-refractivity contribution in [2.45, 2.75) is 0 Å². The SMILES string of the molecule is ClCC#Cc1ccc(Br)nc1. The van der Waals surface area contributed by atoms with Crippen molar-refractivity contribution < 1.29 is 0 Å². The van der Waals surface area contributed by atoms with Gasteiger partial charge in [-0.2, -0.15) is 0 Å². The van der Waals surface area contributed by atoms with E-state index in [4.69, 9.17) is 11.6 Å². The Labute approximate surface area is 78.9 Å². The molecular formula is C8H5BrClN. The van der Waals surface area contributed by atoms with Crippen LogP contribution in [0.4, 0.5) is 0 Å². The van der Waals surface area contributed by atoms with Gasteiger partial charge in [-0.15, -0.1) is 11.6 Å². The molecule has 0 aliphatic carbocycles. The maximum atomic E-state index is 5.38. The Kier molecular flexibility index (Phi) is 3.41. The Morgan fingerprint density at radius 1 is 1.55 bits per heavy atom. The van der Waals surface area contributed by atoms with Crippen molar-refractivity contribution in [2.75, 3.05) is 5.88 Å². The first-order chi connectivity index (χ1) is 5.33. The molecule has 1 aromatic heterocycles. The molecule has 0 aliphatic heterocycles. The average molecular weight is 230 g/mol. The first kappa shape index (κ1) is 8.58. The number of pyridine rings is 1. The van der Waals surface area contributed by atoms with E-state index in [2.05, 4.69) is 32.8 Å². The fourth-order valence-electron chi connectivity index (χ4n) is 0.585. The lowest BCUT2D eigenvalue weighted by molar-refractivity contribution is 1.26. The lowest BCUT2D eigenvalue weighted by atomic mass is 10.3. The van der Waals surface area contributed by atoms with E-state index in [0.29, 0.717) is 5.88 Å². The zero-order chi connectivity index (χ0) is 8.10. The maximum Gasteiger partial charge on any atom is 0.106 e. The zero-order valence-corrected chi connectivity index (χ0v) is 7.98. The van der Waals surface area contributed by atoms with Crippen LogP contribution in [-0.2, 0) is 0 Å². The number of hydrogen-bond acceptors (Lipinski definition) is 1. The molecule has 0 unspecified atom stereocenters. The number of hydrogen-bond donors (Lipinski definition) is 0. The van der Waals surface area contributed by atoms with Gasteiger partial charge in [0.25, 0.3) is 0 Å². The molecule has 0 aliphatic rings. The van der Waals surface area contributed by atoms with Crippen molar-refractivity contribution in [1.82, 2.24) is 4.98 Å². The molecule has 11 heavy (non-hydrogen) atoms. The van der Waals surface area contributed by atoms with Gasteiger partial charge in [0.15, 0.2) is 0 Å². The van der Waals surface area contributed by atoms with Gasteiger partial charge in [0.1, 0.15) is 4.60 Å². The largest absolute Gasteiger partial charge is 0.248 e. The van der Waals surface area contributed by atoms with Crippen molar-refractivity contribution in [1.29, 1.82) is 0 Å². The topological polar surface area (TPSA) is 12.9 Å². The summed E-state index contributed by atoms with van der Waals surface area (Å²) in [5.41, 5.74) is 0.883. The molecule has 0 amide bonds. The second kappa shape index (κ2) is 4.38. The Morgan fingerprint density at radius 2 is 2.36 bits per heavy atom. The lowest BCUT2D eigenvalue weighted by Gasteiger charge is -1.88. The van der Waals surface area contributed by atoms with E-state index in [9.17, 15) is 0 Å². The minimum Gasteiger partial charge on any atom is -0.248 e. The van der Waals surface area contributed by atoms with Gasteiger partial charge in [-0.1, -0.05) is 11.8 Å². The Balaban J connectivity index is 2.82. The molecule has 3 heteroatoms. The van der Waals surface area contributed by atoms with Gasteiger partial charge in [-0.3, -0.25) is 0 Å². The third-order valence-corrected chi connectivity index (χ3v) is 1.63. The molecule has 0 saturated carbocycles. The van der Waals surface area contributed by atoms with Gasteiger partial charge < -0.3 is 0 Å². The van der Waals surface area contributed by atoms with E-state index in [-0.39, 0.29) is 0 Å². The van der Waals surface area contributed by atoms with Gasteiger partial charge in [-0.05, 0) is 28.1 Å². The average Bonchev–Trinajstić information content (AvgIpc) is 2.04. The molecule has 0 bridgehead atoms. The molecule has 56 valence electrons. The van der Waals surface area contributed by atoms with Gasteiger partial charge in [-0.25, -0.2) is 4.98 Å². The number of rotatable bonds is 0. The molecule has 0 radical (unpaired) electrons. The fourth-order valence-corrected chi connectivity index (χ4v) is 0.887. The van der Waals surface area contributed by atoms with E-state index in [0.717, 1.165) is 10.2 Å². The minimum absolute atomic E-state index is 0.357. The molecular weight excluding hydrogens is 225 g/mol. The van der Waals surface area contributed by atoms with Crippen molar-refractivity contribution in [2.24, 2.45) is 0 Å². The zero-order valence-electron chi connectivity index (χ0n) is 5.64. The third-order valence-electron chi connectivity index (χ3n) is 1.03. The van der Waals surface area contributed by atoms with Gasteiger partial charge >= 0.3 is 0 Å². The normalized spacial score (nSPS) is 8.55. The smallest absolute Gasteiger partial charge is 0.106 e. The summed E-state index contributed by atoms with van der Waals surface area (Å²) in [6.45, 7) is 0. The predicted octanol–water partition coefficient (Wildman–Crippen LogP) is 2.43. The summed E-state index contributed by atoms with van der Waals surface area (Å²) in [6.07, 6.45) is 1.70. The van der Waals surface area contributed by atoms with Gasteiger partial charge in [0.05, 0.1) is 5.88 Å². The molecule has 0 fully saturated rings. The van der Waals surface area contributed by atoms with Crippen LogP contribution in [0.1, 0.15) is 5.56 Å². The van der Waals surface area contributed by atoms with E-state index in [1.54, 1.807) is 6.20 Å². The summed E-state index contributed by atoms with van der Waals surface area (Å²) < 4.78 is 0.814. The van der Waals surface area contributed by atoms with Crippen LogP contribution in [0, 0.1) is 11.8 Å². The van der Waals surface area contributed by atoms with E-state index in [1.807, 2.05) is 12.1 Å². The Morgan fingerprint density at radius 3 is 2.91 bits per heavy atom. The fraction of sp³-hybridized carbons (Fsp3) is 0.125. The maximum absolute atomic E-state index is 5.38.